The zero-order chi connectivity index (χ0) is 22.3. The van der Waals surface area contributed by atoms with Crippen molar-refractivity contribution in [2.75, 3.05) is 44.6 Å². The Morgan fingerprint density at radius 2 is 2.00 bits per heavy atom. The minimum absolute atomic E-state index is 0. The van der Waals surface area contributed by atoms with Crippen molar-refractivity contribution in [3.63, 3.8) is 0 Å². The Morgan fingerprint density at radius 3 is 2.76 bits per heavy atom. The van der Waals surface area contributed by atoms with Crippen LogP contribution in [0.5, 0.6) is 0 Å². The van der Waals surface area contributed by atoms with E-state index in [1.807, 2.05) is 13.0 Å². The first-order chi connectivity index (χ1) is 15.6. The third-order valence-electron chi connectivity index (χ3n) is 5.76. The van der Waals surface area contributed by atoms with Crippen LogP contribution in [0.25, 0.3) is 0 Å². The summed E-state index contributed by atoms with van der Waals surface area (Å²) in [6.45, 7) is 6.68. The van der Waals surface area contributed by atoms with Gasteiger partial charge < -0.3 is 20.3 Å². The van der Waals surface area contributed by atoms with E-state index in [2.05, 4.69) is 49.7 Å². The lowest BCUT2D eigenvalue weighted by molar-refractivity contribution is -0.114. The molecule has 2 aromatic carbocycles. The van der Waals surface area contributed by atoms with Gasteiger partial charge in [-0.1, -0.05) is 36.4 Å². The van der Waals surface area contributed by atoms with Crippen molar-refractivity contribution < 1.29 is 13.9 Å². The van der Waals surface area contributed by atoms with Gasteiger partial charge in [-0.2, -0.15) is 0 Å². The number of carbonyl (C=O) groups excluding carboxylic acids is 1. The Hall–Kier alpha value is -2.24. The van der Waals surface area contributed by atoms with Gasteiger partial charge in [-0.05, 0) is 30.7 Å². The molecule has 0 radical (unpaired) electrons. The number of aliphatic imine (C=N–C) groups is 1. The number of halogens is 2. The van der Waals surface area contributed by atoms with Crippen molar-refractivity contribution >= 4 is 41.5 Å². The maximum atomic E-state index is 13.3. The molecule has 7 nitrogen and oxygen atoms in total. The maximum Gasteiger partial charge on any atom is 0.246 e. The number of benzene rings is 2. The third-order valence-corrected chi connectivity index (χ3v) is 5.76. The minimum Gasteiger partial charge on any atom is -0.373 e. The molecule has 9 heteroatoms. The van der Waals surface area contributed by atoms with Crippen molar-refractivity contribution in [2.24, 2.45) is 4.99 Å². The zero-order valence-corrected chi connectivity index (χ0v) is 21.1. The molecule has 2 atom stereocenters. The number of rotatable bonds is 6. The molecule has 2 unspecified atom stereocenters. The fourth-order valence-corrected chi connectivity index (χ4v) is 4.28. The maximum absolute atomic E-state index is 13.3. The van der Waals surface area contributed by atoms with Crippen molar-refractivity contribution in [3.05, 3.63) is 66.0 Å². The molecule has 2 fully saturated rings. The van der Waals surface area contributed by atoms with Gasteiger partial charge in [0.2, 0.25) is 5.91 Å². The minimum atomic E-state index is -0.389. The molecule has 4 rings (SSSR count). The highest BCUT2D eigenvalue weighted by Crippen LogP contribution is 2.24. The lowest BCUT2D eigenvalue weighted by atomic mass is 10.1. The molecule has 2 heterocycles. The summed E-state index contributed by atoms with van der Waals surface area (Å²) in [6, 6.07) is 16.6. The molecule has 1 amide bonds. The van der Waals surface area contributed by atoms with Crippen LogP contribution in [-0.4, -0.2) is 73.1 Å². The van der Waals surface area contributed by atoms with Gasteiger partial charge in [-0.25, -0.2) is 9.38 Å². The van der Waals surface area contributed by atoms with E-state index in [9.17, 15) is 9.18 Å². The first-order valence-electron chi connectivity index (χ1n) is 11.1. The van der Waals surface area contributed by atoms with Crippen LogP contribution < -0.4 is 10.6 Å². The Balaban J connectivity index is 0.00000306. The molecule has 2 aliphatic heterocycles. The quantitative estimate of drug-likeness (QED) is 0.320. The van der Waals surface area contributed by atoms with Crippen LogP contribution in [0.2, 0.25) is 0 Å². The summed E-state index contributed by atoms with van der Waals surface area (Å²) in [5, 5.41) is 5.98. The van der Waals surface area contributed by atoms with Gasteiger partial charge >= 0.3 is 0 Å². The lowest BCUT2D eigenvalue weighted by Crippen LogP contribution is -2.50. The summed E-state index contributed by atoms with van der Waals surface area (Å²) in [7, 11) is 0. The average molecular weight is 567 g/mol. The summed E-state index contributed by atoms with van der Waals surface area (Å²) in [5.41, 5.74) is 1.72. The van der Waals surface area contributed by atoms with Crippen molar-refractivity contribution in [1.29, 1.82) is 0 Å². The van der Waals surface area contributed by atoms with Crippen LogP contribution in [-0.2, 0) is 16.1 Å². The van der Waals surface area contributed by atoms with Gasteiger partial charge in [0.15, 0.2) is 5.96 Å². The number of likely N-dealkylation sites (tertiary alicyclic amines) is 1. The SMILES string of the molecule is CCNC(=NCC(=O)Nc1cccc(F)c1)N1CC2OCCN(Cc3ccccc3)C2C1.I. The number of nitrogens with zero attached hydrogens (tertiary/aromatic N) is 3. The fraction of sp³-hybridized carbons (Fsp3) is 0.417. The first-order valence-corrected chi connectivity index (χ1v) is 11.1. The number of nitrogens with one attached hydrogen (secondary N) is 2. The highest BCUT2D eigenvalue weighted by Gasteiger charge is 2.41. The molecule has 0 aliphatic carbocycles. The second kappa shape index (κ2) is 12.3. The van der Waals surface area contributed by atoms with Gasteiger partial charge in [0.05, 0.1) is 18.8 Å². The number of fused-ring (bicyclic) bond motifs is 1. The average Bonchev–Trinajstić information content (AvgIpc) is 3.23. The third kappa shape index (κ3) is 6.87. The monoisotopic (exact) mass is 567 g/mol. The van der Waals surface area contributed by atoms with E-state index >= 15 is 0 Å². The number of amides is 1. The smallest absolute Gasteiger partial charge is 0.246 e. The number of ether oxygens (including phenoxy) is 1. The van der Waals surface area contributed by atoms with E-state index in [1.54, 1.807) is 12.1 Å². The summed E-state index contributed by atoms with van der Waals surface area (Å²) < 4.78 is 19.4. The molecule has 0 spiro atoms. The molecule has 0 bridgehead atoms. The molecule has 33 heavy (non-hydrogen) atoms. The molecular formula is C24H31FIN5O2. The molecule has 0 aromatic heterocycles. The van der Waals surface area contributed by atoms with Gasteiger partial charge in [0.25, 0.3) is 0 Å². The Bertz CT molecular complexity index is 945. The molecule has 0 saturated carbocycles. The number of carbonyl (C=O) groups is 1. The van der Waals surface area contributed by atoms with Crippen LogP contribution >= 0.6 is 24.0 Å². The molecule has 2 saturated heterocycles. The molecule has 178 valence electrons. The van der Waals surface area contributed by atoms with Crippen LogP contribution in [0.1, 0.15) is 12.5 Å². The van der Waals surface area contributed by atoms with Crippen molar-refractivity contribution in [1.82, 2.24) is 15.1 Å². The largest absolute Gasteiger partial charge is 0.373 e. The Labute approximate surface area is 211 Å². The summed E-state index contributed by atoms with van der Waals surface area (Å²) in [4.78, 5) is 21.5. The summed E-state index contributed by atoms with van der Waals surface area (Å²) in [5.74, 6) is 0.0171. The van der Waals surface area contributed by atoms with Crippen molar-refractivity contribution in [2.45, 2.75) is 25.6 Å². The number of anilines is 1. The van der Waals surface area contributed by atoms with Crippen LogP contribution in [0.4, 0.5) is 10.1 Å². The predicted molar refractivity (Wildman–Crippen MR) is 138 cm³/mol. The Kier molecular flexibility index (Phi) is 9.45. The van der Waals surface area contributed by atoms with Gasteiger partial charge in [0, 0.05) is 38.4 Å². The van der Waals surface area contributed by atoms with E-state index in [4.69, 9.17) is 4.74 Å². The Morgan fingerprint density at radius 1 is 1.18 bits per heavy atom. The van der Waals surface area contributed by atoms with E-state index in [0.29, 0.717) is 24.8 Å². The first kappa shape index (κ1) is 25.4. The fourth-order valence-electron chi connectivity index (χ4n) is 4.28. The zero-order valence-electron chi connectivity index (χ0n) is 18.7. The molecular weight excluding hydrogens is 536 g/mol. The van der Waals surface area contributed by atoms with Gasteiger partial charge in [-0.3, -0.25) is 9.69 Å². The molecule has 2 aromatic rings. The number of hydrogen-bond donors (Lipinski definition) is 2. The van der Waals surface area contributed by atoms with Crippen LogP contribution in [0.3, 0.4) is 0 Å². The topological polar surface area (TPSA) is 69.2 Å². The number of hydrogen-bond acceptors (Lipinski definition) is 4. The number of guanidine groups is 1. The molecule has 2 aliphatic rings. The van der Waals surface area contributed by atoms with E-state index in [-0.39, 0.29) is 54.4 Å². The standard InChI is InChI=1S/C24H30FN5O2.HI/c1-2-26-24(27-14-23(31)28-20-10-6-9-19(25)13-20)30-16-21-22(17-30)32-12-11-29(21)15-18-7-4-3-5-8-18;/h3-10,13,21-22H,2,11-12,14-17H2,1H3,(H,26,27)(H,28,31);1H. The predicted octanol–water partition coefficient (Wildman–Crippen LogP) is 2.93. The summed E-state index contributed by atoms with van der Waals surface area (Å²) >= 11 is 0. The highest BCUT2D eigenvalue weighted by atomic mass is 127. The van der Waals surface area contributed by atoms with E-state index in [1.165, 1.54) is 17.7 Å². The lowest BCUT2D eigenvalue weighted by Gasteiger charge is -2.36. The van der Waals surface area contributed by atoms with Gasteiger partial charge in [-0.15, -0.1) is 24.0 Å². The normalized spacial score (nSPS) is 20.7. The second-order valence-electron chi connectivity index (χ2n) is 8.07. The highest BCUT2D eigenvalue weighted by molar-refractivity contribution is 14.0. The van der Waals surface area contributed by atoms with E-state index < -0.39 is 0 Å². The van der Waals surface area contributed by atoms with Crippen LogP contribution in [0, 0.1) is 5.82 Å². The van der Waals surface area contributed by atoms with Gasteiger partial charge in [0.1, 0.15) is 12.4 Å². The second-order valence-corrected chi connectivity index (χ2v) is 8.07. The summed E-state index contributed by atoms with van der Waals surface area (Å²) in [6.07, 6.45) is 0.109. The molecule has 2 N–H and O–H groups in total. The van der Waals surface area contributed by atoms with Crippen LogP contribution in [0.15, 0.2) is 59.6 Å². The van der Waals surface area contributed by atoms with Crippen molar-refractivity contribution in [3.8, 4) is 0 Å². The number of morpholine rings is 1. The van der Waals surface area contributed by atoms with E-state index in [0.717, 1.165) is 26.2 Å².